The molecular weight excluding hydrogens is 383 g/mol. The zero-order chi connectivity index (χ0) is 19.7. The summed E-state index contributed by atoms with van der Waals surface area (Å²) in [6.07, 6.45) is -3.32. The molecule has 0 aliphatic heterocycles. The molecule has 2 aromatic carbocycles. The van der Waals surface area contributed by atoms with E-state index in [4.69, 9.17) is 4.74 Å². The summed E-state index contributed by atoms with van der Waals surface area (Å²) in [5, 5.41) is 0. The van der Waals surface area contributed by atoms with Gasteiger partial charge in [0.05, 0.1) is 12.0 Å². The van der Waals surface area contributed by atoms with Crippen LogP contribution < -0.4 is 9.47 Å². The molecule has 0 spiro atoms. The van der Waals surface area contributed by atoms with Crippen molar-refractivity contribution in [2.24, 2.45) is 0 Å². The topological polar surface area (TPSA) is 55.8 Å². The number of methoxy groups -OCH3 is 1. The van der Waals surface area contributed by atoms with Gasteiger partial charge in [-0.2, -0.15) is 4.31 Å². The second kappa shape index (κ2) is 7.40. The Morgan fingerprint density at radius 3 is 2.04 bits per heavy atom. The number of benzene rings is 2. The smallest absolute Gasteiger partial charge is 0.497 e. The van der Waals surface area contributed by atoms with Crippen molar-refractivity contribution in [3.05, 3.63) is 54.1 Å². The van der Waals surface area contributed by atoms with Gasteiger partial charge in [-0.15, -0.1) is 13.2 Å². The van der Waals surface area contributed by atoms with Crippen LogP contribution in [-0.2, 0) is 16.6 Å². The molecule has 0 amide bonds. The average molecular weight is 401 g/mol. The largest absolute Gasteiger partial charge is 0.573 e. The van der Waals surface area contributed by atoms with Crippen LogP contribution in [0, 0.1) is 0 Å². The molecule has 1 saturated carbocycles. The quantitative estimate of drug-likeness (QED) is 0.705. The Morgan fingerprint density at radius 1 is 1.00 bits per heavy atom. The Balaban J connectivity index is 1.81. The lowest BCUT2D eigenvalue weighted by Gasteiger charge is -2.22. The van der Waals surface area contributed by atoms with E-state index in [0.29, 0.717) is 5.75 Å². The molecule has 0 unspecified atom stereocenters. The first-order valence-corrected chi connectivity index (χ1v) is 9.63. The molecule has 3 rings (SSSR count). The molecule has 0 heterocycles. The summed E-state index contributed by atoms with van der Waals surface area (Å²) < 4.78 is 73.0. The van der Waals surface area contributed by atoms with Crippen LogP contribution in [0.4, 0.5) is 13.2 Å². The van der Waals surface area contributed by atoms with Crippen molar-refractivity contribution in [2.45, 2.75) is 36.7 Å². The molecule has 5 nitrogen and oxygen atoms in total. The third-order valence-electron chi connectivity index (χ3n) is 4.12. The molecule has 1 aliphatic rings. The number of hydrogen-bond acceptors (Lipinski definition) is 4. The third kappa shape index (κ3) is 4.92. The Morgan fingerprint density at radius 2 is 1.56 bits per heavy atom. The number of nitrogens with zero attached hydrogens (tertiary/aromatic N) is 1. The van der Waals surface area contributed by atoms with Crippen molar-refractivity contribution < 1.29 is 31.1 Å². The lowest BCUT2D eigenvalue weighted by molar-refractivity contribution is -0.274. The van der Waals surface area contributed by atoms with Crippen molar-refractivity contribution in [3.8, 4) is 11.5 Å². The summed E-state index contributed by atoms with van der Waals surface area (Å²) in [6, 6.07) is 11.2. The van der Waals surface area contributed by atoms with Crippen molar-refractivity contribution in [2.75, 3.05) is 7.11 Å². The molecule has 0 radical (unpaired) electrons. The number of hydrogen-bond donors (Lipinski definition) is 0. The lowest BCUT2D eigenvalue weighted by atomic mass is 10.2. The van der Waals surface area contributed by atoms with Gasteiger partial charge in [-0.05, 0) is 54.8 Å². The van der Waals surface area contributed by atoms with Gasteiger partial charge in [0.15, 0.2) is 0 Å². The van der Waals surface area contributed by atoms with Crippen LogP contribution in [0.15, 0.2) is 53.4 Å². The van der Waals surface area contributed by atoms with E-state index in [1.165, 1.54) is 4.31 Å². The zero-order valence-electron chi connectivity index (χ0n) is 14.4. The highest BCUT2D eigenvalue weighted by atomic mass is 32.2. The highest BCUT2D eigenvalue weighted by molar-refractivity contribution is 7.89. The molecule has 9 heteroatoms. The number of sulfonamides is 1. The lowest BCUT2D eigenvalue weighted by Crippen LogP contribution is -2.32. The Hall–Kier alpha value is -2.26. The molecule has 2 aromatic rings. The van der Waals surface area contributed by atoms with Crippen LogP contribution in [0.2, 0.25) is 0 Å². The molecule has 27 heavy (non-hydrogen) atoms. The van der Waals surface area contributed by atoms with Crippen LogP contribution in [0.1, 0.15) is 18.4 Å². The standard InChI is InChI=1S/C18H18F3NO4S/c1-25-15-6-2-13(3-7-15)12-22(14-4-5-14)27(23,24)17-10-8-16(9-11-17)26-18(19,20)21/h2-3,6-11,14H,4-5,12H2,1H3. The molecule has 0 bridgehead atoms. The van der Waals surface area contributed by atoms with Crippen molar-refractivity contribution >= 4 is 10.0 Å². The van der Waals surface area contributed by atoms with E-state index < -0.39 is 22.1 Å². The van der Waals surface area contributed by atoms with Crippen molar-refractivity contribution in [3.63, 3.8) is 0 Å². The number of rotatable bonds is 7. The van der Waals surface area contributed by atoms with E-state index in [2.05, 4.69) is 4.74 Å². The minimum atomic E-state index is -4.82. The molecule has 0 N–H and O–H groups in total. The Labute approximate surface area is 155 Å². The summed E-state index contributed by atoms with van der Waals surface area (Å²) in [6.45, 7) is 0.178. The maximum absolute atomic E-state index is 13.0. The summed E-state index contributed by atoms with van der Waals surface area (Å²) >= 11 is 0. The number of alkyl halides is 3. The minimum absolute atomic E-state index is 0.0718. The van der Waals surface area contributed by atoms with Gasteiger partial charge in [0.25, 0.3) is 0 Å². The van der Waals surface area contributed by atoms with E-state index in [9.17, 15) is 21.6 Å². The van der Waals surface area contributed by atoms with Gasteiger partial charge < -0.3 is 9.47 Å². The van der Waals surface area contributed by atoms with Crippen LogP contribution in [0.3, 0.4) is 0 Å². The van der Waals surface area contributed by atoms with Crippen LogP contribution in [0.5, 0.6) is 11.5 Å². The van der Waals surface area contributed by atoms with E-state index >= 15 is 0 Å². The van der Waals surface area contributed by atoms with E-state index in [1.807, 2.05) is 0 Å². The second-order valence-electron chi connectivity index (χ2n) is 6.15. The fourth-order valence-electron chi connectivity index (χ4n) is 2.63. The highest BCUT2D eigenvalue weighted by Crippen LogP contribution is 2.34. The second-order valence-corrected chi connectivity index (χ2v) is 8.04. The summed E-state index contributed by atoms with van der Waals surface area (Å²) in [7, 11) is -2.30. The minimum Gasteiger partial charge on any atom is -0.497 e. The van der Waals surface area contributed by atoms with Gasteiger partial charge in [0.1, 0.15) is 11.5 Å². The predicted octanol–water partition coefficient (Wildman–Crippen LogP) is 3.95. The fourth-order valence-corrected chi connectivity index (χ4v) is 4.31. The van der Waals surface area contributed by atoms with Crippen molar-refractivity contribution in [1.29, 1.82) is 0 Å². The van der Waals surface area contributed by atoms with Gasteiger partial charge >= 0.3 is 6.36 Å². The van der Waals surface area contributed by atoms with Crippen LogP contribution in [0.25, 0.3) is 0 Å². The molecule has 146 valence electrons. The van der Waals surface area contributed by atoms with Crippen LogP contribution in [-0.4, -0.2) is 32.2 Å². The summed E-state index contributed by atoms with van der Waals surface area (Å²) in [5.74, 6) is 0.203. The first kappa shape index (κ1) is 19.5. The third-order valence-corrected chi connectivity index (χ3v) is 6.03. The zero-order valence-corrected chi connectivity index (χ0v) is 15.3. The monoisotopic (exact) mass is 401 g/mol. The fraction of sp³-hybridized carbons (Fsp3) is 0.333. The molecule has 0 saturated heterocycles. The molecule has 0 aromatic heterocycles. The van der Waals surface area contributed by atoms with E-state index in [1.54, 1.807) is 31.4 Å². The predicted molar refractivity (Wildman–Crippen MR) is 91.9 cm³/mol. The van der Waals surface area contributed by atoms with Crippen molar-refractivity contribution in [1.82, 2.24) is 4.31 Å². The van der Waals surface area contributed by atoms with E-state index in [-0.39, 0.29) is 17.5 Å². The Bertz CT molecular complexity index is 876. The van der Waals surface area contributed by atoms with Gasteiger partial charge in [0.2, 0.25) is 10.0 Å². The first-order valence-electron chi connectivity index (χ1n) is 8.19. The Kier molecular flexibility index (Phi) is 5.34. The normalized spacial score (nSPS) is 15.0. The number of ether oxygens (including phenoxy) is 2. The van der Waals surface area contributed by atoms with Gasteiger partial charge in [-0.25, -0.2) is 8.42 Å². The van der Waals surface area contributed by atoms with Gasteiger partial charge in [0, 0.05) is 12.6 Å². The average Bonchev–Trinajstić information content (AvgIpc) is 3.44. The van der Waals surface area contributed by atoms with Gasteiger partial charge in [-0.1, -0.05) is 12.1 Å². The highest BCUT2D eigenvalue weighted by Gasteiger charge is 2.38. The molecule has 0 atom stereocenters. The maximum Gasteiger partial charge on any atom is 0.573 e. The maximum atomic E-state index is 13.0. The molecule has 1 aliphatic carbocycles. The summed E-state index contributed by atoms with van der Waals surface area (Å²) in [4.78, 5) is -0.0718. The molecular formula is C18H18F3NO4S. The first-order chi connectivity index (χ1) is 12.7. The van der Waals surface area contributed by atoms with Gasteiger partial charge in [-0.3, -0.25) is 0 Å². The van der Waals surface area contributed by atoms with E-state index in [0.717, 1.165) is 42.7 Å². The van der Waals surface area contributed by atoms with Crippen LogP contribution >= 0.6 is 0 Å². The summed E-state index contributed by atoms with van der Waals surface area (Å²) in [5.41, 5.74) is 0.795. The molecule has 1 fully saturated rings. The number of halogens is 3. The SMILES string of the molecule is COc1ccc(CN(C2CC2)S(=O)(=O)c2ccc(OC(F)(F)F)cc2)cc1.